The second-order valence-electron chi connectivity index (χ2n) is 5.32. The SMILES string of the molecule is Cc1ccc(O)c(CNc2cc(-c3cccs3)nn2CCO)c1. The van der Waals surface area contributed by atoms with Crippen molar-refractivity contribution in [3.63, 3.8) is 0 Å². The van der Waals surface area contributed by atoms with Crippen molar-refractivity contribution in [1.82, 2.24) is 9.78 Å². The third-order valence-corrected chi connectivity index (χ3v) is 4.45. The Bertz CT molecular complexity index is 781. The van der Waals surface area contributed by atoms with Crippen molar-refractivity contribution in [2.75, 3.05) is 11.9 Å². The van der Waals surface area contributed by atoms with Crippen LogP contribution in [0, 0.1) is 6.92 Å². The van der Waals surface area contributed by atoms with E-state index in [1.165, 1.54) is 0 Å². The molecule has 0 aliphatic carbocycles. The number of rotatable bonds is 6. The Kier molecular flexibility index (Phi) is 4.64. The van der Waals surface area contributed by atoms with Crippen molar-refractivity contribution in [3.8, 4) is 16.3 Å². The number of phenolic OH excluding ortho intramolecular Hbond substituents is 1. The van der Waals surface area contributed by atoms with Crippen LogP contribution in [0.1, 0.15) is 11.1 Å². The van der Waals surface area contributed by atoms with Gasteiger partial charge in [-0.1, -0.05) is 23.8 Å². The van der Waals surface area contributed by atoms with Crippen molar-refractivity contribution >= 4 is 17.2 Å². The zero-order valence-electron chi connectivity index (χ0n) is 12.9. The molecule has 120 valence electrons. The van der Waals surface area contributed by atoms with Crippen molar-refractivity contribution in [1.29, 1.82) is 0 Å². The molecule has 0 amide bonds. The topological polar surface area (TPSA) is 70.3 Å². The summed E-state index contributed by atoms with van der Waals surface area (Å²) in [5.74, 6) is 1.10. The molecule has 0 bridgehead atoms. The Labute approximate surface area is 138 Å². The molecule has 0 fully saturated rings. The fraction of sp³-hybridized carbons (Fsp3) is 0.235. The first kappa shape index (κ1) is 15.6. The summed E-state index contributed by atoms with van der Waals surface area (Å²) in [6.07, 6.45) is 0. The van der Waals surface area contributed by atoms with E-state index in [0.29, 0.717) is 13.1 Å². The van der Waals surface area contributed by atoms with Gasteiger partial charge in [-0.15, -0.1) is 11.3 Å². The first-order chi connectivity index (χ1) is 11.2. The van der Waals surface area contributed by atoms with Gasteiger partial charge < -0.3 is 15.5 Å². The zero-order valence-corrected chi connectivity index (χ0v) is 13.7. The Morgan fingerprint density at radius 1 is 1.26 bits per heavy atom. The number of aromatic nitrogens is 2. The molecule has 1 aromatic carbocycles. The lowest BCUT2D eigenvalue weighted by atomic mass is 10.1. The molecule has 0 radical (unpaired) electrons. The number of hydrogen-bond donors (Lipinski definition) is 3. The van der Waals surface area contributed by atoms with E-state index in [2.05, 4.69) is 10.4 Å². The lowest BCUT2D eigenvalue weighted by molar-refractivity contribution is 0.270. The summed E-state index contributed by atoms with van der Waals surface area (Å²) in [6.45, 7) is 2.94. The van der Waals surface area contributed by atoms with E-state index < -0.39 is 0 Å². The van der Waals surface area contributed by atoms with Crippen LogP contribution in [0.3, 0.4) is 0 Å². The fourth-order valence-electron chi connectivity index (χ4n) is 2.41. The molecular weight excluding hydrogens is 310 g/mol. The Balaban J connectivity index is 1.82. The van der Waals surface area contributed by atoms with Crippen LogP contribution in [0.5, 0.6) is 5.75 Å². The minimum absolute atomic E-state index is 0.0237. The second kappa shape index (κ2) is 6.85. The fourth-order valence-corrected chi connectivity index (χ4v) is 3.09. The number of benzene rings is 1. The third kappa shape index (κ3) is 3.55. The monoisotopic (exact) mass is 329 g/mol. The summed E-state index contributed by atoms with van der Waals surface area (Å²) in [6, 6.07) is 11.5. The number of hydrogen-bond acceptors (Lipinski definition) is 5. The molecule has 2 aromatic heterocycles. The Hall–Kier alpha value is -2.31. The third-order valence-electron chi connectivity index (χ3n) is 3.56. The Morgan fingerprint density at radius 3 is 2.87 bits per heavy atom. The van der Waals surface area contributed by atoms with Gasteiger partial charge in [-0.3, -0.25) is 0 Å². The molecule has 0 spiro atoms. The normalized spacial score (nSPS) is 10.9. The predicted molar refractivity (Wildman–Crippen MR) is 92.8 cm³/mol. The molecule has 0 saturated heterocycles. The van der Waals surface area contributed by atoms with Crippen molar-refractivity contribution in [2.24, 2.45) is 0 Å². The molecule has 2 heterocycles. The smallest absolute Gasteiger partial charge is 0.125 e. The molecule has 23 heavy (non-hydrogen) atoms. The molecule has 3 N–H and O–H groups in total. The summed E-state index contributed by atoms with van der Waals surface area (Å²) in [4.78, 5) is 1.09. The van der Waals surface area contributed by atoms with E-state index >= 15 is 0 Å². The highest BCUT2D eigenvalue weighted by molar-refractivity contribution is 7.13. The van der Waals surface area contributed by atoms with Crippen molar-refractivity contribution in [2.45, 2.75) is 20.0 Å². The Morgan fingerprint density at radius 2 is 2.13 bits per heavy atom. The molecule has 0 atom stereocenters. The molecule has 5 nitrogen and oxygen atoms in total. The number of phenols is 1. The van der Waals surface area contributed by atoms with E-state index in [-0.39, 0.29) is 12.4 Å². The van der Waals surface area contributed by atoms with Crippen LogP contribution in [0.4, 0.5) is 5.82 Å². The summed E-state index contributed by atoms with van der Waals surface area (Å²) in [7, 11) is 0. The number of aryl methyl sites for hydroxylation is 1. The summed E-state index contributed by atoms with van der Waals surface area (Å²) < 4.78 is 1.75. The quantitative estimate of drug-likeness (QED) is 0.649. The summed E-state index contributed by atoms with van der Waals surface area (Å²) in [5.41, 5.74) is 2.81. The van der Waals surface area contributed by atoms with E-state index in [9.17, 15) is 10.2 Å². The van der Waals surface area contributed by atoms with Gasteiger partial charge in [0.15, 0.2) is 0 Å². The lowest BCUT2D eigenvalue weighted by Gasteiger charge is -2.10. The van der Waals surface area contributed by atoms with Gasteiger partial charge in [0.05, 0.1) is 18.0 Å². The predicted octanol–water partition coefficient (Wildman–Crippen LogP) is 3.23. The molecular formula is C17H19N3O2S. The van der Waals surface area contributed by atoms with Crippen LogP contribution >= 0.6 is 11.3 Å². The first-order valence-electron chi connectivity index (χ1n) is 7.42. The van der Waals surface area contributed by atoms with Crippen molar-refractivity contribution in [3.05, 3.63) is 52.9 Å². The van der Waals surface area contributed by atoms with Crippen LogP contribution < -0.4 is 5.32 Å². The van der Waals surface area contributed by atoms with Gasteiger partial charge in [0.2, 0.25) is 0 Å². The maximum atomic E-state index is 9.94. The molecule has 0 aliphatic heterocycles. The number of thiophene rings is 1. The molecule has 6 heteroatoms. The number of aliphatic hydroxyl groups is 1. The first-order valence-corrected chi connectivity index (χ1v) is 8.30. The highest BCUT2D eigenvalue weighted by atomic mass is 32.1. The standard InChI is InChI=1S/C17H19N3O2S/c1-12-4-5-15(22)13(9-12)11-18-17-10-14(16-3-2-8-23-16)19-20(17)6-7-21/h2-5,8-10,18,21-22H,6-7,11H2,1H3. The van der Waals surface area contributed by atoms with E-state index in [1.54, 1.807) is 22.1 Å². The average molecular weight is 329 g/mol. The largest absolute Gasteiger partial charge is 0.508 e. The summed E-state index contributed by atoms with van der Waals surface area (Å²) in [5, 5.41) is 29.0. The highest BCUT2D eigenvalue weighted by Crippen LogP contribution is 2.27. The number of nitrogens with one attached hydrogen (secondary N) is 1. The maximum Gasteiger partial charge on any atom is 0.125 e. The molecule has 0 saturated carbocycles. The second-order valence-corrected chi connectivity index (χ2v) is 6.27. The van der Waals surface area contributed by atoms with Gasteiger partial charge in [0.25, 0.3) is 0 Å². The van der Waals surface area contributed by atoms with Crippen LogP contribution in [0.2, 0.25) is 0 Å². The van der Waals surface area contributed by atoms with Gasteiger partial charge >= 0.3 is 0 Å². The van der Waals surface area contributed by atoms with E-state index in [0.717, 1.165) is 27.5 Å². The van der Waals surface area contributed by atoms with Crippen LogP contribution in [-0.2, 0) is 13.1 Å². The lowest BCUT2D eigenvalue weighted by Crippen LogP contribution is -2.10. The van der Waals surface area contributed by atoms with Gasteiger partial charge in [0.1, 0.15) is 17.3 Å². The molecule has 3 rings (SSSR count). The van der Waals surface area contributed by atoms with Gasteiger partial charge in [-0.25, -0.2) is 4.68 Å². The van der Waals surface area contributed by atoms with Gasteiger partial charge in [0, 0.05) is 18.2 Å². The van der Waals surface area contributed by atoms with E-state index in [1.807, 2.05) is 42.6 Å². The highest BCUT2D eigenvalue weighted by Gasteiger charge is 2.11. The molecule has 0 aliphatic rings. The number of anilines is 1. The number of nitrogens with zero attached hydrogens (tertiary/aromatic N) is 2. The van der Waals surface area contributed by atoms with Gasteiger partial charge in [-0.05, 0) is 24.4 Å². The summed E-state index contributed by atoms with van der Waals surface area (Å²) >= 11 is 1.63. The molecule has 0 unspecified atom stereocenters. The zero-order chi connectivity index (χ0) is 16.2. The minimum atomic E-state index is 0.0237. The molecule has 3 aromatic rings. The van der Waals surface area contributed by atoms with Crippen molar-refractivity contribution < 1.29 is 10.2 Å². The number of aromatic hydroxyl groups is 1. The van der Waals surface area contributed by atoms with Crippen LogP contribution in [0.15, 0.2) is 41.8 Å². The number of aliphatic hydroxyl groups excluding tert-OH is 1. The van der Waals surface area contributed by atoms with Crippen LogP contribution in [-0.4, -0.2) is 26.6 Å². The minimum Gasteiger partial charge on any atom is -0.508 e. The maximum absolute atomic E-state index is 9.94. The van der Waals surface area contributed by atoms with E-state index in [4.69, 9.17) is 0 Å². The van der Waals surface area contributed by atoms with Crippen LogP contribution in [0.25, 0.3) is 10.6 Å². The average Bonchev–Trinajstić information content (AvgIpc) is 3.18. The van der Waals surface area contributed by atoms with Gasteiger partial charge in [-0.2, -0.15) is 5.10 Å².